The van der Waals surface area contributed by atoms with Gasteiger partial charge in [-0.15, -0.1) is 0 Å². The Kier molecular flexibility index (Phi) is 5.88. The predicted octanol–water partition coefficient (Wildman–Crippen LogP) is 3.90. The zero-order valence-electron chi connectivity index (χ0n) is 13.5. The second-order valence-corrected chi connectivity index (χ2v) is 6.85. The van der Waals surface area contributed by atoms with Crippen LogP contribution in [0.3, 0.4) is 0 Å². The molecule has 0 radical (unpaired) electrons. The third-order valence-corrected chi connectivity index (χ3v) is 4.68. The van der Waals surface area contributed by atoms with Crippen LogP contribution in [0.25, 0.3) is 0 Å². The Morgan fingerprint density at radius 2 is 1.58 bits per heavy atom. The highest BCUT2D eigenvalue weighted by Crippen LogP contribution is 2.14. The summed E-state index contributed by atoms with van der Waals surface area (Å²) in [4.78, 5) is 16.3. The molecule has 0 bridgehead atoms. The molecule has 0 aromatic heterocycles. The largest absolute Gasteiger partial charge is 0.445 e. The molecule has 24 heavy (non-hydrogen) atoms. The number of piperazine rings is 1. The summed E-state index contributed by atoms with van der Waals surface area (Å²) in [5, 5.41) is 0. The number of hydrogen-bond donors (Lipinski definition) is 0. The molecule has 2 aromatic carbocycles. The average Bonchev–Trinajstić information content (AvgIpc) is 2.63. The second-order valence-electron chi connectivity index (χ2n) is 5.93. The first kappa shape index (κ1) is 17.0. The number of nitrogens with zero attached hydrogens (tertiary/aromatic N) is 2. The number of benzene rings is 2. The van der Waals surface area contributed by atoms with E-state index in [4.69, 9.17) is 4.74 Å². The van der Waals surface area contributed by atoms with Crippen molar-refractivity contribution < 1.29 is 9.53 Å². The second kappa shape index (κ2) is 8.31. The fourth-order valence-electron chi connectivity index (χ4n) is 2.75. The van der Waals surface area contributed by atoms with Crippen molar-refractivity contribution in [2.24, 2.45) is 0 Å². The van der Waals surface area contributed by atoms with Gasteiger partial charge in [0.1, 0.15) is 6.61 Å². The molecule has 0 unspecified atom stereocenters. The van der Waals surface area contributed by atoms with Gasteiger partial charge in [0.05, 0.1) is 0 Å². The van der Waals surface area contributed by atoms with Crippen LogP contribution >= 0.6 is 15.9 Å². The van der Waals surface area contributed by atoms with Crippen LogP contribution < -0.4 is 0 Å². The van der Waals surface area contributed by atoms with Crippen LogP contribution in [0.2, 0.25) is 0 Å². The molecule has 5 heteroatoms. The number of rotatable bonds is 4. The number of carbonyl (C=O) groups excluding carboxylic acids is 1. The van der Waals surface area contributed by atoms with E-state index >= 15 is 0 Å². The molecular formula is C19H21BrN2O2. The monoisotopic (exact) mass is 388 g/mol. The van der Waals surface area contributed by atoms with Crippen LogP contribution in [-0.4, -0.2) is 42.1 Å². The van der Waals surface area contributed by atoms with Crippen LogP contribution in [0.5, 0.6) is 0 Å². The maximum atomic E-state index is 12.2. The third kappa shape index (κ3) is 4.82. The van der Waals surface area contributed by atoms with Crippen molar-refractivity contribution in [3.8, 4) is 0 Å². The van der Waals surface area contributed by atoms with E-state index in [2.05, 4.69) is 45.1 Å². The van der Waals surface area contributed by atoms with E-state index in [-0.39, 0.29) is 6.09 Å². The maximum absolute atomic E-state index is 12.2. The van der Waals surface area contributed by atoms with Crippen molar-refractivity contribution >= 4 is 22.0 Å². The first-order valence-corrected chi connectivity index (χ1v) is 8.92. The molecular weight excluding hydrogens is 368 g/mol. The molecule has 0 N–H and O–H groups in total. The zero-order chi connectivity index (χ0) is 16.8. The highest BCUT2D eigenvalue weighted by atomic mass is 79.9. The quantitative estimate of drug-likeness (QED) is 0.795. The molecule has 1 heterocycles. The Morgan fingerprint density at radius 3 is 2.25 bits per heavy atom. The van der Waals surface area contributed by atoms with Gasteiger partial charge in [0.25, 0.3) is 0 Å². The van der Waals surface area contributed by atoms with Gasteiger partial charge in [-0.2, -0.15) is 0 Å². The van der Waals surface area contributed by atoms with Gasteiger partial charge in [-0.1, -0.05) is 58.4 Å². The Morgan fingerprint density at radius 1 is 0.917 bits per heavy atom. The van der Waals surface area contributed by atoms with Gasteiger partial charge in [-0.3, -0.25) is 4.90 Å². The van der Waals surface area contributed by atoms with Gasteiger partial charge >= 0.3 is 6.09 Å². The van der Waals surface area contributed by atoms with Crippen LogP contribution in [-0.2, 0) is 17.9 Å². The lowest BCUT2D eigenvalue weighted by atomic mass is 10.2. The molecule has 1 amide bonds. The van der Waals surface area contributed by atoms with Crippen molar-refractivity contribution in [3.63, 3.8) is 0 Å². The third-order valence-electron chi connectivity index (χ3n) is 4.16. The lowest BCUT2D eigenvalue weighted by Crippen LogP contribution is -2.48. The minimum Gasteiger partial charge on any atom is -0.445 e. The minimum absolute atomic E-state index is 0.220. The molecule has 3 rings (SSSR count). The van der Waals surface area contributed by atoms with E-state index in [1.807, 2.05) is 30.3 Å². The van der Waals surface area contributed by atoms with Gasteiger partial charge in [0.2, 0.25) is 0 Å². The summed E-state index contributed by atoms with van der Waals surface area (Å²) >= 11 is 3.45. The molecule has 2 aromatic rings. The average molecular weight is 389 g/mol. The summed E-state index contributed by atoms with van der Waals surface area (Å²) < 4.78 is 6.49. The number of ether oxygens (including phenoxy) is 1. The molecule has 0 atom stereocenters. The fourth-order valence-corrected chi connectivity index (χ4v) is 3.01. The van der Waals surface area contributed by atoms with E-state index in [1.165, 1.54) is 5.56 Å². The topological polar surface area (TPSA) is 32.8 Å². The van der Waals surface area contributed by atoms with E-state index < -0.39 is 0 Å². The first-order chi connectivity index (χ1) is 11.7. The molecule has 0 saturated carbocycles. The number of hydrogen-bond acceptors (Lipinski definition) is 3. The lowest BCUT2D eigenvalue weighted by molar-refractivity contribution is 0.0700. The standard InChI is InChI=1S/C19H21BrN2O2/c20-18-8-6-16(7-9-18)14-21-10-12-22(13-11-21)19(23)24-15-17-4-2-1-3-5-17/h1-9H,10-15H2. The predicted molar refractivity (Wildman–Crippen MR) is 97.6 cm³/mol. The lowest BCUT2D eigenvalue weighted by Gasteiger charge is -2.34. The van der Waals surface area contributed by atoms with Gasteiger partial charge in [-0.05, 0) is 23.3 Å². The normalized spacial score (nSPS) is 15.3. The van der Waals surface area contributed by atoms with Crippen LogP contribution in [0.4, 0.5) is 4.79 Å². The van der Waals surface area contributed by atoms with Crippen molar-refractivity contribution in [2.75, 3.05) is 26.2 Å². The van der Waals surface area contributed by atoms with E-state index in [9.17, 15) is 4.79 Å². The Hall–Kier alpha value is -1.85. The van der Waals surface area contributed by atoms with Crippen molar-refractivity contribution in [3.05, 3.63) is 70.2 Å². The molecule has 1 aliphatic heterocycles. The first-order valence-electron chi connectivity index (χ1n) is 8.13. The molecule has 1 saturated heterocycles. The number of halogens is 1. The van der Waals surface area contributed by atoms with Crippen LogP contribution in [0.1, 0.15) is 11.1 Å². The molecule has 126 valence electrons. The minimum atomic E-state index is -0.220. The zero-order valence-corrected chi connectivity index (χ0v) is 15.1. The Bertz CT molecular complexity index is 653. The van der Waals surface area contributed by atoms with Crippen LogP contribution in [0, 0.1) is 0 Å². The Balaban J connectivity index is 1.42. The summed E-state index contributed by atoms with van der Waals surface area (Å²) in [6.45, 7) is 4.42. The smallest absolute Gasteiger partial charge is 0.410 e. The Labute approximate surface area is 151 Å². The van der Waals surface area contributed by atoms with Gasteiger partial charge in [0.15, 0.2) is 0 Å². The highest BCUT2D eigenvalue weighted by molar-refractivity contribution is 9.10. The van der Waals surface area contributed by atoms with E-state index in [1.54, 1.807) is 4.90 Å². The molecule has 0 spiro atoms. The number of amides is 1. The van der Waals surface area contributed by atoms with Gasteiger partial charge in [0, 0.05) is 37.2 Å². The molecule has 0 aliphatic carbocycles. The van der Waals surface area contributed by atoms with Crippen molar-refractivity contribution in [1.82, 2.24) is 9.80 Å². The summed E-state index contributed by atoms with van der Waals surface area (Å²) in [7, 11) is 0. The molecule has 4 nitrogen and oxygen atoms in total. The van der Waals surface area contributed by atoms with E-state index in [0.717, 1.165) is 29.7 Å². The number of carbonyl (C=O) groups is 1. The van der Waals surface area contributed by atoms with Crippen molar-refractivity contribution in [2.45, 2.75) is 13.2 Å². The van der Waals surface area contributed by atoms with Gasteiger partial charge < -0.3 is 9.64 Å². The summed E-state index contributed by atoms with van der Waals surface area (Å²) in [5.74, 6) is 0. The maximum Gasteiger partial charge on any atom is 0.410 e. The van der Waals surface area contributed by atoms with Gasteiger partial charge in [-0.25, -0.2) is 4.79 Å². The highest BCUT2D eigenvalue weighted by Gasteiger charge is 2.22. The van der Waals surface area contributed by atoms with E-state index in [0.29, 0.717) is 19.7 Å². The summed E-state index contributed by atoms with van der Waals surface area (Å²) in [6, 6.07) is 18.2. The van der Waals surface area contributed by atoms with Crippen LogP contribution in [0.15, 0.2) is 59.1 Å². The SMILES string of the molecule is O=C(OCc1ccccc1)N1CCN(Cc2ccc(Br)cc2)CC1. The summed E-state index contributed by atoms with van der Waals surface area (Å²) in [6.07, 6.45) is -0.220. The summed E-state index contributed by atoms with van der Waals surface area (Å²) in [5.41, 5.74) is 2.30. The fraction of sp³-hybridized carbons (Fsp3) is 0.316. The van der Waals surface area contributed by atoms with Crippen molar-refractivity contribution in [1.29, 1.82) is 0 Å². The molecule has 1 fully saturated rings. The molecule has 1 aliphatic rings.